The molecule has 16 nitrogen and oxygen atoms in total. The van der Waals surface area contributed by atoms with Crippen LogP contribution >= 0.6 is 23.2 Å². The second-order valence-electron chi connectivity index (χ2n) is 14.8. The van der Waals surface area contributed by atoms with Gasteiger partial charge in [-0.2, -0.15) is 0 Å². The molecule has 7 heterocycles. The van der Waals surface area contributed by atoms with Crippen LogP contribution in [-0.2, 0) is 18.8 Å². The number of Topliss-reactive ketones (excluding diaryl/α,β-unsaturated/α-hetero) is 1. The molecule has 0 unspecified atom stereocenters. The molecule has 7 rings (SSSR count). The van der Waals surface area contributed by atoms with Gasteiger partial charge in [-0.3, -0.25) is 38.5 Å². The molecular formula is C45H38Cl2F4N8O8. The molecule has 1 N–H and O–H groups in total. The van der Waals surface area contributed by atoms with Gasteiger partial charge in [-0.05, 0) is 45.9 Å². The molecule has 7 aromatic rings. The monoisotopic (exact) mass is 964 g/mol. The van der Waals surface area contributed by atoms with Crippen LogP contribution in [0.1, 0.15) is 59.9 Å². The van der Waals surface area contributed by atoms with Gasteiger partial charge in [0.05, 0.1) is 61.8 Å². The van der Waals surface area contributed by atoms with Gasteiger partial charge in [0.15, 0.2) is 34.7 Å². The zero-order chi connectivity index (χ0) is 48.9. The normalized spacial score (nSPS) is 11.1. The van der Waals surface area contributed by atoms with E-state index >= 15 is 0 Å². The molecule has 0 fully saturated rings. The van der Waals surface area contributed by atoms with Crippen molar-refractivity contribution in [2.75, 3.05) is 14.2 Å². The predicted octanol–water partition coefficient (Wildman–Crippen LogP) is 7.80. The molecule has 0 aliphatic rings. The lowest BCUT2D eigenvalue weighted by molar-refractivity contribution is 0.0688. The third-order valence-corrected chi connectivity index (χ3v) is 10.2. The van der Waals surface area contributed by atoms with E-state index in [2.05, 4.69) is 29.9 Å². The number of halogens is 6. The minimum absolute atomic E-state index is 0.000700. The standard InChI is InChI=1S/C25H22ClF2N5O4.C20H16ClF2N3O4/c1-13-7-20(37-12-18-15(28)8-14(27)10-30-18)22(26)23(34)33(13)19-9-17(31-11-21(19)36-4)16-5-6-29-24(32-16)25(2,3)35;1-10-4-17(30-9-15-13(23)5-12(22)7-24-15)19(21)20(28)26(10)16-6-14(11(2)27)25-8-18(16)29-3/h5-11,35H,12H2,1-4H3;4-8H,9H2,1-3H3. The molecule has 0 radical (unpaired) electrons. The highest BCUT2D eigenvalue weighted by atomic mass is 35.5. The molecule has 0 bridgehead atoms. The SMILES string of the molecule is COc1cnc(-c2ccnc(C(C)(C)O)n2)cc1-n1c(C)cc(OCc2ncc(F)cc2F)c(Cl)c1=O.COc1cnc(C(C)=O)cc1-n1c(C)cc(OCc2ncc(F)cc2F)c(Cl)c1=O. The first-order valence-corrected chi connectivity index (χ1v) is 20.3. The zero-order valence-electron chi connectivity index (χ0n) is 36.5. The lowest BCUT2D eigenvalue weighted by Crippen LogP contribution is -2.23. The van der Waals surface area contributed by atoms with E-state index in [4.69, 9.17) is 42.1 Å². The summed E-state index contributed by atoms with van der Waals surface area (Å²) in [4.78, 5) is 62.1. The Balaban J connectivity index is 0.000000226. The molecule has 0 aliphatic heterocycles. The number of methoxy groups -OCH3 is 2. The fourth-order valence-corrected chi connectivity index (χ4v) is 6.61. The van der Waals surface area contributed by atoms with Crippen molar-refractivity contribution in [3.63, 3.8) is 0 Å². The molecule has 348 valence electrons. The number of carbonyl (C=O) groups excluding carboxylic acids is 1. The molecule has 0 saturated heterocycles. The summed E-state index contributed by atoms with van der Waals surface area (Å²) in [6.45, 7) is 7.02. The largest absolute Gasteiger partial charge is 0.493 e. The van der Waals surface area contributed by atoms with Crippen LogP contribution in [0, 0.1) is 37.1 Å². The van der Waals surface area contributed by atoms with Crippen molar-refractivity contribution in [3.05, 3.63) is 162 Å². The van der Waals surface area contributed by atoms with Gasteiger partial charge in [0.1, 0.15) is 69.1 Å². The molecule has 0 aromatic carbocycles. The fourth-order valence-electron chi connectivity index (χ4n) is 6.22. The van der Waals surface area contributed by atoms with Crippen molar-refractivity contribution >= 4 is 29.0 Å². The average Bonchev–Trinajstić information content (AvgIpc) is 3.28. The highest BCUT2D eigenvalue weighted by Gasteiger charge is 2.23. The van der Waals surface area contributed by atoms with Gasteiger partial charge in [0.25, 0.3) is 11.1 Å². The number of aliphatic hydroxyl groups is 1. The van der Waals surface area contributed by atoms with Crippen molar-refractivity contribution in [1.29, 1.82) is 0 Å². The highest BCUT2D eigenvalue weighted by Crippen LogP contribution is 2.32. The minimum atomic E-state index is -1.27. The first-order valence-electron chi connectivity index (χ1n) is 19.6. The van der Waals surface area contributed by atoms with E-state index in [0.29, 0.717) is 40.6 Å². The summed E-state index contributed by atoms with van der Waals surface area (Å²) >= 11 is 12.5. The predicted molar refractivity (Wildman–Crippen MR) is 236 cm³/mol. The smallest absolute Gasteiger partial charge is 0.278 e. The van der Waals surface area contributed by atoms with Crippen molar-refractivity contribution < 1.29 is 46.4 Å². The summed E-state index contributed by atoms with van der Waals surface area (Å²) in [7, 11) is 2.83. The van der Waals surface area contributed by atoms with Gasteiger partial charge >= 0.3 is 0 Å². The Morgan fingerprint density at radius 1 is 0.672 bits per heavy atom. The maximum atomic E-state index is 13.9. The van der Waals surface area contributed by atoms with Crippen molar-refractivity contribution in [2.45, 2.75) is 53.4 Å². The number of nitrogens with zero attached hydrogens (tertiary/aromatic N) is 8. The van der Waals surface area contributed by atoms with Crippen LogP contribution in [0.15, 0.2) is 83.0 Å². The Morgan fingerprint density at radius 3 is 1.60 bits per heavy atom. The van der Waals surface area contributed by atoms with Gasteiger partial charge in [-0.1, -0.05) is 23.2 Å². The summed E-state index contributed by atoms with van der Waals surface area (Å²) in [5, 5.41) is 9.73. The maximum absolute atomic E-state index is 13.9. The highest BCUT2D eigenvalue weighted by molar-refractivity contribution is 6.32. The number of rotatable bonds is 13. The number of carbonyl (C=O) groups is 1. The molecule has 0 amide bonds. The second-order valence-corrected chi connectivity index (χ2v) is 15.6. The number of pyridine rings is 6. The summed E-state index contributed by atoms with van der Waals surface area (Å²) in [6, 6.07) is 8.98. The van der Waals surface area contributed by atoms with Crippen LogP contribution in [0.25, 0.3) is 22.8 Å². The number of hydrogen-bond acceptors (Lipinski definition) is 14. The van der Waals surface area contributed by atoms with Crippen molar-refractivity contribution in [1.82, 2.24) is 39.0 Å². The van der Waals surface area contributed by atoms with E-state index in [9.17, 15) is 37.1 Å². The van der Waals surface area contributed by atoms with Gasteiger partial charge in [-0.15, -0.1) is 0 Å². The van der Waals surface area contributed by atoms with Gasteiger partial charge in [0.2, 0.25) is 0 Å². The topological polar surface area (TPSA) is 196 Å². The molecule has 7 aromatic heterocycles. The van der Waals surface area contributed by atoms with E-state index in [1.165, 1.54) is 67.1 Å². The molecule has 0 saturated carbocycles. The van der Waals surface area contributed by atoms with Crippen LogP contribution in [0.5, 0.6) is 23.0 Å². The van der Waals surface area contributed by atoms with Gasteiger partial charge in [0, 0.05) is 48.8 Å². The number of ketones is 1. The average molecular weight is 966 g/mol. The van der Waals surface area contributed by atoms with E-state index in [1.54, 1.807) is 39.8 Å². The molecule has 22 heteroatoms. The number of ether oxygens (including phenoxy) is 4. The van der Waals surface area contributed by atoms with E-state index < -0.39 is 40.0 Å². The number of hydrogen-bond donors (Lipinski definition) is 1. The van der Waals surface area contributed by atoms with Crippen LogP contribution in [0.3, 0.4) is 0 Å². The lowest BCUT2D eigenvalue weighted by Gasteiger charge is -2.18. The van der Waals surface area contributed by atoms with Crippen LogP contribution in [0.4, 0.5) is 17.6 Å². The lowest BCUT2D eigenvalue weighted by atomic mass is 10.1. The Hall–Kier alpha value is -7.29. The summed E-state index contributed by atoms with van der Waals surface area (Å²) in [6.07, 6.45) is 5.99. The first kappa shape index (κ1) is 49.2. The Kier molecular flexibility index (Phi) is 15.0. The van der Waals surface area contributed by atoms with Crippen LogP contribution in [-0.4, -0.2) is 64.1 Å². The molecular weight excluding hydrogens is 927 g/mol. The summed E-state index contributed by atoms with van der Waals surface area (Å²) < 4.78 is 78.0. The Morgan fingerprint density at radius 2 is 1.15 bits per heavy atom. The van der Waals surface area contributed by atoms with Crippen molar-refractivity contribution in [3.8, 4) is 45.8 Å². The van der Waals surface area contributed by atoms with Crippen molar-refractivity contribution in [2.24, 2.45) is 0 Å². The number of aromatic nitrogens is 8. The molecule has 0 aliphatic carbocycles. The van der Waals surface area contributed by atoms with Gasteiger partial charge in [-0.25, -0.2) is 32.5 Å². The van der Waals surface area contributed by atoms with E-state index in [1.807, 2.05) is 0 Å². The maximum Gasteiger partial charge on any atom is 0.278 e. The van der Waals surface area contributed by atoms with Crippen LogP contribution in [0.2, 0.25) is 10.0 Å². The van der Waals surface area contributed by atoms with Gasteiger partial charge < -0.3 is 24.1 Å². The quantitative estimate of drug-likeness (QED) is 0.0868. The first-order chi connectivity index (χ1) is 31.7. The summed E-state index contributed by atoms with van der Waals surface area (Å²) in [5.41, 5.74) is -0.424. The van der Waals surface area contributed by atoms with Crippen LogP contribution < -0.4 is 30.1 Å². The molecule has 0 spiro atoms. The molecule has 0 atom stereocenters. The second kappa shape index (κ2) is 20.5. The Labute approximate surface area is 388 Å². The minimum Gasteiger partial charge on any atom is -0.493 e. The number of aryl methyl sites for hydroxylation is 2. The van der Waals surface area contributed by atoms with E-state index in [-0.39, 0.29) is 80.6 Å². The zero-order valence-corrected chi connectivity index (χ0v) is 38.0. The third-order valence-electron chi connectivity index (χ3n) is 9.54. The molecule has 67 heavy (non-hydrogen) atoms. The summed E-state index contributed by atoms with van der Waals surface area (Å²) in [5.74, 6) is -2.93. The van der Waals surface area contributed by atoms with E-state index in [0.717, 1.165) is 12.4 Å². The third kappa shape index (κ3) is 11.1. The fraction of sp³-hybridized carbons (Fsp3) is 0.222. The Bertz CT molecular complexity index is 3150.